The Hall–Kier alpha value is -0.810. The van der Waals surface area contributed by atoms with Gasteiger partial charge >= 0.3 is 0 Å². The smallest absolute Gasteiger partial charge is 0.178 e. The number of Topliss-reactive ketones (excluding diaryl/α,β-unsaturated/α-hetero) is 1. The standard InChI is InChI=1S/C13H16Cl2N2O2/c1-19-11-3-2-9(12(14)13(11)15)10(18)8-17-6-4-16-5-7-17/h2-3,16H,4-8H2,1H3. The predicted octanol–water partition coefficient (Wildman–Crippen LogP) is 2.09. The normalized spacial score (nSPS) is 16.4. The second kappa shape index (κ2) is 6.57. The fraction of sp³-hybridized carbons (Fsp3) is 0.462. The van der Waals surface area contributed by atoms with Crippen molar-refractivity contribution < 1.29 is 9.53 Å². The molecule has 0 saturated carbocycles. The molecule has 104 valence electrons. The van der Waals surface area contributed by atoms with Gasteiger partial charge in [0.15, 0.2) is 5.78 Å². The molecule has 1 heterocycles. The van der Waals surface area contributed by atoms with Gasteiger partial charge in [0, 0.05) is 31.7 Å². The summed E-state index contributed by atoms with van der Waals surface area (Å²) in [6.07, 6.45) is 0. The molecule has 0 unspecified atom stereocenters. The Balaban J connectivity index is 2.12. The van der Waals surface area contributed by atoms with E-state index in [1.807, 2.05) is 0 Å². The highest BCUT2D eigenvalue weighted by Crippen LogP contribution is 2.34. The number of benzene rings is 1. The van der Waals surface area contributed by atoms with Crippen molar-refractivity contribution >= 4 is 29.0 Å². The number of hydrogen-bond acceptors (Lipinski definition) is 4. The number of halogens is 2. The van der Waals surface area contributed by atoms with E-state index in [0.29, 0.717) is 17.9 Å². The predicted molar refractivity (Wildman–Crippen MR) is 76.7 cm³/mol. The molecular weight excluding hydrogens is 287 g/mol. The number of ether oxygens (including phenoxy) is 1. The SMILES string of the molecule is COc1ccc(C(=O)CN2CCNCC2)c(Cl)c1Cl. The van der Waals surface area contributed by atoms with Gasteiger partial charge < -0.3 is 10.1 Å². The van der Waals surface area contributed by atoms with Crippen LogP contribution < -0.4 is 10.1 Å². The molecule has 0 aromatic heterocycles. The second-order valence-corrected chi connectivity index (χ2v) is 5.15. The average molecular weight is 303 g/mol. The summed E-state index contributed by atoms with van der Waals surface area (Å²) in [6.45, 7) is 3.92. The van der Waals surface area contributed by atoms with Gasteiger partial charge in [0.05, 0.1) is 18.7 Å². The largest absolute Gasteiger partial charge is 0.495 e. The number of rotatable bonds is 4. The summed E-state index contributed by atoms with van der Waals surface area (Å²) in [6, 6.07) is 3.33. The minimum absolute atomic E-state index is 0.0172. The summed E-state index contributed by atoms with van der Waals surface area (Å²) >= 11 is 12.2. The van der Waals surface area contributed by atoms with E-state index in [1.165, 1.54) is 7.11 Å². The van der Waals surface area contributed by atoms with Gasteiger partial charge in [0.2, 0.25) is 0 Å². The number of carbonyl (C=O) groups is 1. The maximum absolute atomic E-state index is 12.2. The Morgan fingerprint density at radius 3 is 2.63 bits per heavy atom. The van der Waals surface area contributed by atoms with Crippen LogP contribution in [-0.2, 0) is 0 Å². The van der Waals surface area contributed by atoms with Gasteiger partial charge in [-0.2, -0.15) is 0 Å². The quantitative estimate of drug-likeness (QED) is 0.865. The average Bonchev–Trinajstić information content (AvgIpc) is 2.42. The molecule has 0 radical (unpaired) electrons. The van der Waals surface area contributed by atoms with Crippen molar-refractivity contribution in [2.24, 2.45) is 0 Å². The highest BCUT2D eigenvalue weighted by molar-refractivity contribution is 6.44. The van der Waals surface area contributed by atoms with E-state index < -0.39 is 0 Å². The van der Waals surface area contributed by atoms with Crippen molar-refractivity contribution in [2.45, 2.75) is 0 Å². The number of carbonyl (C=O) groups excluding carboxylic acids is 1. The first-order valence-corrected chi connectivity index (χ1v) is 6.87. The third kappa shape index (κ3) is 3.39. The monoisotopic (exact) mass is 302 g/mol. The van der Waals surface area contributed by atoms with Crippen LogP contribution in [0.25, 0.3) is 0 Å². The number of methoxy groups -OCH3 is 1. The summed E-state index contributed by atoms with van der Waals surface area (Å²) in [7, 11) is 1.51. The van der Waals surface area contributed by atoms with Gasteiger partial charge in [0.25, 0.3) is 0 Å². The molecule has 0 aliphatic carbocycles. The molecule has 0 bridgehead atoms. The minimum atomic E-state index is -0.0172. The minimum Gasteiger partial charge on any atom is -0.495 e. The maximum Gasteiger partial charge on any atom is 0.178 e. The number of nitrogens with zero attached hydrogens (tertiary/aromatic N) is 1. The van der Waals surface area contributed by atoms with Crippen LogP contribution in [0.3, 0.4) is 0 Å². The van der Waals surface area contributed by atoms with Gasteiger partial charge in [-0.3, -0.25) is 9.69 Å². The van der Waals surface area contributed by atoms with Gasteiger partial charge in [-0.25, -0.2) is 0 Å². The van der Waals surface area contributed by atoms with Crippen LogP contribution in [-0.4, -0.2) is 50.5 Å². The van der Waals surface area contributed by atoms with Crippen LogP contribution in [0.4, 0.5) is 0 Å². The Morgan fingerprint density at radius 2 is 2.00 bits per heavy atom. The summed E-state index contributed by atoms with van der Waals surface area (Å²) in [4.78, 5) is 14.3. The van der Waals surface area contributed by atoms with Crippen molar-refractivity contribution in [3.05, 3.63) is 27.7 Å². The Kier molecular flexibility index (Phi) is 5.05. The van der Waals surface area contributed by atoms with E-state index in [-0.39, 0.29) is 15.8 Å². The van der Waals surface area contributed by atoms with Gasteiger partial charge in [-0.1, -0.05) is 23.2 Å². The van der Waals surface area contributed by atoms with Crippen LogP contribution in [0.5, 0.6) is 5.75 Å². The third-order valence-corrected chi connectivity index (χ3v) is 4.01. The first-order chi connectivity index (χ1) is 9.13. The Bertz CT molecular complexity index is 474. The van der Waals surface area contributed by atoms with Crippen LogP contribution >= 0.6 is 23.2 Å². The van der Waals surface area contributed by atoms with Gasteiger partial charge in [-0.15, -0.1) is 0 Å². The number of nitrogens with one attached hydrogen (secondary N) is 1. The van der Waals surface area contributed by atoms with Crippen molar-refractivity contribution in [1.29, 1.82) is 0 Å². The molecule has 1 saturated heterocycles. The fourth-order valence-electron chi connectivity index (χ4n) is 2.06. The fourth-order valence-corrected chi connectivity index (χ4v) is 2.57. The zero-order valence-electron chi connectivity index (χ0n) is 10.7. The Morgan fingerprint density at radius 1 is 1.32 bits per heavy atom. The second-order valence-electron chi connectivity index (χ2n) is 4.39. The van der Waals surface area contributed by atoms with E-state index >= 15 is 0 Å². The molecular formula is C13H16Cl2N2O2. The van der Waals surface area contributed by atoms with Gasteiger partial charge in [-0.05, 0) is 12.1 Å². The first kappa shape index (κ1) is 14.6. The van der Waals surface area contributed by atoms with Crippen LogP contribution in [0.15, 0.2) is 12.1 Å². The molecule has 6 heteroatoms. The highest BCUT2D eigenvalue weighted by atomic mass is 35.5. The third-order valence-electron chi connectivity index (χ3n) is 3.14. The number of ketones is 1. The van der Waals surface area contributed by atoms with Crippen molar-refractivity contribution in [2.75, 3.05) is 39.8 Å². The van der Waals surface area contributed by atoms with Crippen molar-refractivity contribution in [1.82, 2.24) is 10.2 Å². The number of piperazine rings is 1. The molecule has 1 aliphatic rings. The molecule has 1 N–H and O–H groups in total. The zero-order valence-corrected chi connectivity index (χ0v) is 12.2. The summed E-state index contributed by atoms with van der Waals surface area (Å²) in [5.41, 5.74) is 0.450. The van der Waals surface area contributed by atoms with E-state index in [0.717, 1.165) is 26.2 Å². The lowest BCUT2D eigenvalue weighted by atomic mass is 10.1. The molecule has 19 heavy (non-hydrogen) atoms. The molecule has 0 spiro atoms. The number of hydrogen-bond donors (Lipinski definition) is 1. The molecule has 2 rings (SSSR count). The molecule has 1 aliphatic heterocycles. The molecule has 0 amide bonds. The summed E-state index contributed by atoms with van der Waals surface area (Å²) < 4.78 is 5.06. The highest BCUT2D eigenvalue weighted by Gasteiger charge is 2.19. The molecule has 0 atom stereocenters. The van der Waals surface area contributed by atoms with Crippen LogP contribution in [0.1, 0.15) is 10.4 Å². The molecule has 1 aromatic carbocycles. The molecule has 1 aromatic rings. The topological polar surface area (TPSA) is 41.6 Å². The zero-order chi connectivity index (χ0) is 13.8. The van der Waals surface area contributed by atoms with Gasteiger partial charge in [0.1, 0.15) is 10.8 Å². The maximum atomic E-state index is 12.2. The Labute approximate surface area is 122 Å². The van der Waals surface area contributed by atoms with Crippen molar-refractivity contribution in [3.8, 4) is 5.75 Å². The lowest BCUT2D eigenvalue weighted by Crippen LogP contribution is -2.45. The van der Waals surface area contributed by atoms with Crippen LogP contribution in [0, 0.1) is 0 Å². The molecule has 4 nitrogen and oxygen atoms in total. The lowest BCUT2D eigenvalue weighted by molar-refractivity contribution is 0.0921. The first-order valence-electron chi connectivity index (χ1n) is 6.11. The summed E-state index contributed by atoms with van der Waals surface area (Å²) in [5, 5.41) is 3.80. The van der Waals surface area contributed by atoms with E-state index in [4.69, 9.17) is 27.9 Å². The van der Waals surface area contributed by atoms with E-state index in [2.05, 4.69) is 10.2 Å². The lowest BCUT2D eigenvalue weighted by Gasteiger charge is -2.26. The van der Waals surface area contributed by atoms with E-state index in [1.54, 1.807) is 12.1 Å². The summed E-state index contributed by atoms with van der Waals surface area (Å²) in [5.74, 6) is 0.460. The van der Waals surface area contributed by atoms with Crippen LogP contribution in [0.2, 0.25) is 10.0 Å². The molecule has 1 fully saturated rings. The van der Waals surface area contributed by atoms with E-state index in [9.17, 15) is 4.79 Å². The van der Waals surface area contributed by atoms with Crippen molar-refractivity contribution in [3.63, 3.8) is 0 Å².